The Bertz CT molecular complexity index is 921. The molecule has 1 aromatic heterocycles. The number of hydrogen-bond acceptors (Lipinski definition) is 7. The Kier molecular flexibility index (Phi) is 3.73. The fourth-order valence-electron chi connectivity index (χ4n) is 4.00. The van der Waals surface area contributed by atoms with Crippen molar-refractivity contribution in [1.82, 2.24) is 4.98 Å². The van der Waals surface area contributed by atoms with Crippen LogP contribution in [0.15, 0.2) is 47.7 Å². The first-order valence-corrected chi connectivity index (χ1v) is 9.17. The molecule has 7 nitrogen and oxygen atoms in total. The molecule has 1 atom stereocenters. The van der Waals surface area contributed by atoms with Crippen LogP contribution >= 0.6 is 0 Å². The van der Waals surface area contributed by atoms with E-state index in [4.69, 9.17) is 4.74 Å². The number of ether oxygens (including phenoxy) is 1. The first-order valence-electron chi connectivity index (χ1n) is 9.17. The van der Waals surface area contributed by atoms with Gasteiger partial charge in [0.25, 0.3) is 0 Å². The molecule has 0 amide bonds. The maximum atomic E-state index is 12.9. The van der Waals surface area contributed by atoms with Crippen LogP contribution in [0.3, 0.4) is 0 Å². The quantitative estimate of drug-likeness (QED) is 0.875. The first-order chi connectivity index (χ1) is 13.2. The van der Waals surface area contributed by atoms with E-state index in [1.54, 1.807) is 18.5 Å². The highest BCUT2D eigenvalue weighted by molar-refractivity contribution is 6.28. The average Bonchev–Trinajstić information content (AvgIpc) is 3.07. The van der Waals surface area contributed by atoms with E-state index < -0.39 is 5.60 Å². The number of amidine groups is 1. The van der Waals surface area contributed by atoms with E-state index in [9.17, 15) is 9.90 Å². The number of fused-ring (bicyclic) bond motifs is 2. The largest absolute Gasteiger partial charge is 0.378 e. The Morgan fingerprint density at radius 3 is 2.56 bits per heavy atom. The zero-order chi connectivity index (χ0) is 18.4. The van der Waals surface area contributed by atoms with Crippen molar-refractivity contribution in [3.63, 3.8) is 0 Å². The maximum Gasteiger partial charge on any atom is 0.204 e. The van der Waals surface area contributed by atoms with Gasteiger partial charge in [0.15, 0.2) is 5.60 Å². The van der Waals surface area contributed by atoms with Crippen molar-refractivity contribution in [3.05, 3.63) is 48.3 Å². The van der Waals surface area contributed by atoms with Gasteiger partial charge in [-0.15, -0.1) is 0 Å². The number of aromatic nitrogens is 1. The van der Waals surface area contributed by atoms with Crippen molar-refractivity contribution >= 4 is 28.7 Å². The van der Waals surface area contributed by atoms with Crippen LogP contribution in [0.4, 0.5) is 17.1 Å². The zero-order valence-electron chi connectivity index (χ0n) is 14.8. The van der Waals surface area contributed by atoms with Crippen molar-refractivity contribution < 1.29 is 14.6 Å². The number of aliphatic imine (C=N–C) groups is 1. The molecule has 2 aromatic rings. The second-order valence-corrected chi connectivity index (χ2v) is 7.04. The zero-order valence-corrected chi connectivity index (χ0v) is 14.8. The van der Waals surface area contributed by atoms with Crippen LogP contribution in [0.2, 0.25) is 0 Å². The summed E-state index contributed by atoms with van der Waals surface area (Å²) in [5, 5.41) is 11.1. The molecule has 1 unspecified atom stereocenters. The van der Waals surface area contributed by atoms with Crippen molar-refractivity contribution in [2.75, 3.05) is 42.6 Å². The molecule has 0 saturated carbocycles. The van der Waals surface area contributed by atoms with Crippen molar-refractivity contribution in [3.8, 4) is 0 Å². The smallest absolute Gasteiger partial charge is 0.204 e. The third-order valence-corrected chi connectivity index (χ3v) is 5.51. The van der Waals surface area contributed by atoms with Gasteiger partial charge in [-0.2, -0.15) is 0 Å². The number of anilines is 2. The Hall–Kier alpha value is -2.77. The van der Waals surface area contributed by atoms with E-state index in [-0.39, 0.29) is 5.78 Å². The summed E-state index contributed by atoms with van der Waals surface area (Å²) in [5.74, 6) is 0.101. The summed E-state index contributed by atoms with van der Waals surface area (Å²) in [6.45, 7) is 3.79. The van der Waals surface area contributed by atoms with Gasteiger partial charge in [0, 0.05) is 43.6 Å². The number of carbonyl (C=O) groups is 1. The number of ketones is 1. The van der Waals surface area contributed by atoms with Crippen molar-refractivity contribution in [2.45, 2.75) is 12.0 Å². The molecule has 3 aliphatic heterocycles. The first kappa shape index (κ1) is 16.4. The summed E-state index contributed by atoms with van der Waals surface area (Å²) in [6, 6.07) is 9.79. The highest BCUT2D eigenvalue weighted by atomic mass is 16.5. The molecule has 0 radical (unpaired) electrons. The summed E-state index contributed by atoms with van der Waals surface area (Å²) in [7, 11) is 0. The topological polar surface area (TPSA) is 78.3 Å². The SMILES string of the molecule is O=C1c2ccncc2N=C2N(c3ccc(N4CCOCC4)cc3)CCC12O. The van der Waals surface area contributed by atoms with Crippen molar-refractivity contribution in [1.29, 1.82) is 0 Å². The number of benzene rings is 1. The van der Waals surface area contributed by atoms with Crippen molar-refractivity contribution in [2.24, 2.45) is 4.99 Å². The van der Waals surface area contributed by atoms with Gasteiger partial charge in [0.05, 0.1) is 30.7 Å². The van der Waals surface area contributed by atoms with Gasteiger partial charge in [-0.25, -0.2) is 4.99 Å². The van der Waals surface area contributed by atoms with Crippen LogP contribution in [0.1, 0.15) is 16.8 Å². The lowest BCUT2D eigenvalue weighted by atomic mass is 9.88. The lowest BCUT2D eigenvalue weighted by Gasteiger charge is -2.31. The van der Waals surface area contributed by atoms with E-state index in [1.807, 2.05) is 17.0 Å². The number of nitrogens with zero attached hydrogens (tertiary/aromatic N) is 4. The highest BCUT2D eigenvalue weighted by Crippen LogP contribution is 2.39. The predicted octanol–water partition coefficient (Wildman–Crippen LogP) is 1.79. The standard InChI is InChI=1S/C20H20N4O3/c25-18-16-5-7-21-13-17(16)22-19-20(18,26)6-8-24(19)15-3-1-14(2-4-15)23-9-11-27-12-10-23/h1-5,7,13,26H,6,8-12H2. The molecule has 2 saturated heterocycles. The van der Waals surface area contributed by atoms with Gasteiger partial charge in [0.2, 0.25) is 5.78 Å². The summed E-state index contributed by atoms with van der Waals surface area (Å²) in [5.41, 5.74) is 1.45. The highest BCUT2D eigenvalue weighted by Gasteiger charge is 2.52. The minimum atomic E-state index is -1.56. The molecule has 4 heterocycles. The van der Waals surface area contributed by atoms with Gasteiger partial charge in [-0.3, -0.25) is 9.78 Å². The Morgan fingerprint density at radius 1 is 1.04 bits per heavy atom. The lowest BCUT2D eigenvalue weighted by Crippen LogP contribution is -2.48. The molecule has 0 bridgehead atoms. The van der Waals surface area contributed by atoms with Crippen LogP contribution < -0.4 is 9.80 Å². The number of pyridine rings is 1. The maximum absolute atomic E-state index is 12.9. The second kappa shape index (κ2) is 6.14. The molecule has 27 heavy (non-hydrogen) atoms. The normalized spacial score (nSPS) is 24.5. The third-order valence-electron chi connectivity index (χ3n) is 5.51. The van der Waals surface area contributed by atoms with E-state index >= 15 is 0 Å². The second-order valence-electron chi connectivity index (χ2n) is 7.04. The van der Waals surface area contributed by atoms with E-state index in [1.165, 1.54) is 0 Å². The monoisotopic (exact) mass is 364 g/mol. The molecule has 1 aromatic carbocycles. The Balaban J connectivity index is 1.48. The van der Waals surface area contributed by atoms with Crippen LogP contribution in [0.25, 0.3) is 0 Å². The van der Waals surface area contributed by atoms with E-state index in [0.717, 1.165) is 37.7 Å². The number of morpholine rings is 1. The summed E-state index contributed by atoms with van der Waals surface area (Å²) in [6.07, 6.45) is 3.45. The minimum Gasteiger partial charge on any atom is -0.378 e. The molecule has 0 aliphatic carbocycles. The van der Waals surface area contributed by atoms with Gasteiger partial charge in [-0.05, 0) is 30.3 Å². The van der Waals surface area contributed by atoms with Gasteiger partial charge in [-0.1, -0.05) is 0 Å². The van der Waals surface area contributed by atoms with E-state index in [2.05, 4.69) is 27.0 Å². The third kappa shape index (κ3) is 2.54. The molecule has 138 valence electrons. The number of Topliss-reactive ketones (excluding diaryl/α,β-unsaturated/α-hetero) is 1. The van der Waals surface area contributed by atoms with Gasteiger partial charge in [0.1, 0.15) is 5.84 Å². The number of hydrogen-bond donors (Lipinski definition) is 1. The average molecular weight is 364 g/mol. The number of rotatable bonds is 2. The summed E-state index contributed by atoms with van der Waals surface area (Å²) in [4.78, 5) is 25.7. The molecule has 7 heteroatoms. The summed E-state index contributed by atoms with van der Waals surface area (Å²) < 4.78 is 5.40. The molecule has 0 spiro atoms. The number of carbonyl (C=O) groups excluding carboxylic acids is 1. The van der Waals surface area contributed by atoms with Crippen LogP contribution in [-0.4, -0.2) is 60.2 Å². The van der Waals surface area contributed by atoms with Gasteiger partial charge < -0.3 is 19.6 Å². The molecule has 3 aliphatic rings. The fraction of sp³-hybridized carbons (Fsp3) is 0.350. The fourth-order valence-corrected chi connectivity index (χ4v) is 4.00. The van der Waals surface area contributed by atoms with Gasteiger partial charge >= 0.3 is 0 Å². The Labute approximate surface area is 156 Å². The molecule has 1 N–H and O–H groups in total. The Morgan fingerprint density at radius 2 is 1.78 bits per heavy atom. The van der Waals surface area contributed by atoms with Crippen LogP contribution in [-0.2, 0) is 4.74 Å². The van der Waals surface area contributed by atoms with Crippen LogP contribution in [0, 0.1) is 0 Å². The molecular weight excluding hydrogens is 344 g/mol. The molecule has 5 rings (SSSR count). The number of aliphatic hydroxyl groups is 1. The minimum absolute atomic E-state index is 0.294. The molecule has 2 fully saturated rings. The predicted molar refractivity (Wildman–Crippen MR) is 102 cm³/mol. The lowest BCUT2D eigenvalue weighted by molar-refractivity contribution is 0.0602. The van der Waals surface area contributed by atoms with E-state index in [0.29, 0.717) is 30.1 Å². The summed E-state index contributed by atoms with van der Waals surface area (Å²) >= 11 is 0. The molecular formula is C20H20N4O3. The van der Waals surface area contributed by atoms with Crippen LogP contribution in [0.5, 0.6) is 0 Å².